The van der Waals surface area contributed by atoms with Crippen LogP contribution in [0.15, 0.2) is 42.5 Å². The first kappa shape index (κ1) is 18.5. The van der Waals surface area contributed by atoms with Gasteiger partial charge in [-0.15, -0.1) is 0 Å². The van der Waals surface area contributed by atoms with Gasteiger partial charge in [-0.1, -0.05) is 36.9 Å². The lowest BCUT2D eigenvalue weighted by atomic mass is 9.95. The van der Waals surface area contributed by atoms with Crippen LogP contribution in [-0.4, -0.2) is 17.9 Å². The second kappa shape index (κ2) is 8.37. The van der Waals surface area contributed by atoms with E-state index in [1.165, 1.54) is 19.3 Å². The minimum atomic E-state index is -0.232. The summed E-state index contributed by atoms with van der Waals surface area (Å²) < 4.78 is 0. The van der Waals surface area contributed by atoms with Gasteiger partial charge in [-0.05, 0) is 61.7 Å². The summed E-state index contributed by atoms with van der Waals surface area (Å²) in [5, 5.41) is 6.51. The number of aryl methyl sites for hydroxylation is 1. The van der Waals surface area contributed by atoms with Crippen molar-refractivity contribution in [1.29, 1.82) is 0 Å². The number of hydrogen-bond donors (Lipinski definition) is 2. The molecule has 1 aliphatic rings. The summed E-state index contributed by atoms with van der Waals surface area (Å²) in [6.45, 7) is 1.91. The lowest BCUT2D eigenvalue weighted by Crippen LogP contribution is -2.36. The predicted molar refractivity (Wildman–Crippen MR) is 105 cm³/mol. The molecule has 0 bridgehead atoms. The first-order valence-corrected chi connectivity index (χ1v) is 9.39. The number of carbonyl (C=O) groups excluding carboxylic acids is 2. The SMILES string of the molecule is Cc1ccc(NC(=O)c2ccc(C(=O)NC3CCCCC3)cc2)cc1Cl. The first-order chi connectivity index (χ1) is 12.5. The Labute approximate surface area is 158 Å². The van der Waals surface area contributed by atoms with E-state index in [2.05, 4.69) is 10.6 Å². The Morgan fingerprint density at radius 3 is 2.15 bits per heavy atom. The van der Waals surface area contributed by atoms with Crippen molar-refractivity contribution in [2.24, 2.45) is 0 Å². The number of amides is 2. The molecule has 2 N–H and O–H groups in total. The highest BCUT2D eigenvalue weighted by Crippen LogP contribution is 2.21. The second-order valence-electron chi connectivity index (χ2n) is 6.80. The van der Waals surface area contributed by atoms with Crippen LogP contribution < -0.4 is 10.6 Å². The van der Waals surface area contributed by atoms with Crippen molar-refractivity contribution in [2.75, 3.05) is 5.32 Å². The van der Waals surface area contributed by atoms with Crippen molar-refractivity contribution in [3.05, 3.63) is 64.2 Å². The van der Waals surface area contributed by atoms with Gasteiger partial charge in [-0.25, -0.2) is 0 Å². The molecule has 0 aromatic heterocycles. The molecule has 1 fully saturated rings. The van der Waals surface area contributed by atoms with E-state index in [1.54, 1.807) is 30.3 Å². The molecular weight excluding hydrogens is 348 g/mol. The maximum Gasteiger partial charge on any atom is 0.255 e. The number of hydrogen-bond acceptors (Lipinski definition) is 2. The number of halogens is 1. The number of rotatable bonds is 4. The normalized spacial score (nSPS) is 14.7. The van der Waals surface area contributed by atoms with Gasteiger partial charge in [0.05, 0.1) is 0 Å². The average molecular weight is 371 g/mol. The third kappa shape index (κ3) is 4.64. The fourth-order valence-electron chi connectivity index (χ4n) is 3.16. The molecule has 0 spiro atoms. The molecule has 1 saturated carbocycles. The molecule has 0 aliphatic heterocycles. The van der Waals surface area contributed by atoms with Crippen molar-refractivity contribution < 1.29 is 9.59 Å². The summed E-state index contributed by atoms with van der Waals surface area (Å²) in [6, 6.07) is 12.4. The van der Waals surface area contributed by atoms with Crippen LogP contribution in [-0.2, 0) is 0 Å². The minimum Gasteiger partial charge on any atom is -0.349 e. The Bertz CT molecular complexity index is 796. The molecule has 5 heteroatoms. The number of anilines is 1. The zero-order chi connectivity index (χ0) is 18.5. The summed E-state index contributed by atoms with van der Waals surface area (Å²) in [5.41, 5.74) is 2.67. The molecule has 0 radical (unpaired) electrons. The highest BCUT2D eigenvalue weighted by Gasteiger charge is 2.17. The van der Waals surface area contributed by atoms with Crippen molar-refractivity contribution in [3.8, 4) is 0 Å². The van der Waals surface area contributed by atoms with E-state index in [1.807, 2.05) is 19.1 Å². The standard InChI is InChI=1S/C21H23ClN2O2/c1-14-7-12-18(13-19(14)22)24-21(26)16-10-8-15(9-11-16)20(25)23-17-5-3-2-4-6-17/h7-13,17H,2-6H2,1H3,(H,23,25)(H,24,26). The summed E-state index contributed by atoms with van der Waals surface area (Å²) in [7, 11) is 0. The van der Waals surface area contributed by atoms with Crippen LogP contribution in [0.2, 0.25) is 5.02 Å². The monoisotopic (exact) mass is 370 g/mol. The minimum absolute atomic E-state index is 0.0748. The van der Waals surface area contributed by atoms with Crippen LogP contribution >= 0.6 is 11.6 Å². The first-order valence-electron chi connectivity index (χ1n) is 9.01. The van der Waals surface area contributed by atoms with Gasteiger partial charge in [0.25, 0.3) is 11.8 Å². The smallest absolute Gasteiger partial charge is 0.255 e. The Morgan fingerprint density at radius 1 is 0.923 bits per heavy atom. The van der Waals surface area contributed by atoms with E-state index in [0.717, 1.165) is 18.4 Å². The summed E-state index contributed by atoms with van der Waals surface area (Å²) in [4.78, 5) is 24.7. The quantitative estimate of drug-likeness (QED) is 0.798. The molecule has 0 unspecified atom stereocenters. The van der Waals surface area contributed by atoms with E-state index >= 15 is 0 Å². The van der Waals surface area contributed by atoms with Crippen molar-refractivity contribution in [1.82, 2.24) is 5.32 Å². The zero-order valence-electron chi connectivity index (χ0n) is 14.8. The maximum absolute atomic E-state index is 12.4. The van der Waals surface area contributed by atoms with Crippen molar-refractivity contribution >= 4 is 29.1 Å². The molecular formula is C21H23ClN2O2. The predicted octanol–water partition coefficient (Wildman–Crippen LogP) is 4.96. The van der Waals surface area contributed by atoms with Crippen LogP contribution in [0.25, 0.3) is 0 Å². The maximum atomic E-state index is 12.4. The second-order valence-corrected chi connectivity index (χ2v) is 7.21. The van der Waals surface area contributed by atoms with Crippen LogP contribution in [0.5, 0.6) is 0 Å². The Morgan fingerprint density at radius 2 is 1.54 bits per heavy atom. The van der Waals surface area contributed by atoms with Gasteiger partial charge in [-0.3, -0.25) is 9.59 Å². The fourth-order valence-corrected chi connectivity index (χ4v) is 3.34. The van der Waals surface area contributed by atoms with Gasteiger partial charge >= 0.3 is 0 Å². The van der Waals surface area contributed by atoms with E-state index in [4.69, 9.17) is 11.6 Å². The summed E-state index contributed by atoms with van der Waals surface area (Å²) in [6.07, 6.45) is 5.69. The van der Waals surface area contributed by atoms with Gasteiger partial charge < -0.3 is 10.6 Å². The Balaban J connectivity index is 1.61. The largest absolute Gasteiger partial charge is 0.349 e. The van der Waals surface area contributed by atoms with E-state index in [0.29, 0.717) is 21.8 Å². The molecule has 26 heavy (non-hydrogen) atoms. The van der Waals surface area contributed by atoms with Crippen molar-refractivity contribution in [2.45, 2.75) is 45.1 Å². The third-order valence-corrected chi connectivity index (χ3v) is 5.19. The van der Waals surface area contributed by atoms with Gasteiger partial charge in [0, 0.05) is 27.9 Å². The lowest BCUT2D eigenvalue weighted by molar-refractivity contribution is 0.0926. The molecule has 0 heterocycles. The van der Waals surface area contributed by atoms with Gasteiger partial charge in [0.1, 0.15) is 0 Å². The number of nitrogens with one attached hydrogen (secondary N) is 2. The van der Waals surface area contributed by atoms with Gasteiger partial charge in [0.15, 0.2) is 0 Å². The van der Waals surface area contributed by atoms with E-state index < -0.39 is 0 Å². The van der Waals surface area contributed by atoms with Crippen LogP contribution in [0.3, 0.4) is 0 Å². The molecule has 2 aromatic carbocycles. The molecule has 0 saturated heterocycles. The van der Waals surface area contributed by atoms with Crippen molar-refractivity contribution in [3.63, 3.8) is 0 Å². The number of benzene rings is 2. The molecule has 136 valence electrons. The summed E-state index contributed by atoms with van der Waals surface area (Å²) in [5.74, 6) is -0.307. The molecule has 4 nitrogen and oxygen atoms in total. The summed E-state index contributed by atoms with van der Waals surface area (Å²) >= 11 is 6.08. The zero-order valence-corrected chi connectivity index (χ0v) is 15.6. The highest BCUT2D eigenvalue weighted by molar-refractivity contribution is 6.31. The molecule has 3 rings (SSSR count). The third-order valence-electron chi connectivity index (χ3n) is 4.78. The van der Waals surface area contributed by atoms with Gasteiger partial charge in [-0.2, -0.15) is 0 Å². The molecule has 2 aromatic rings. The lowest BCUT2D eigenvalue weighted by Gasteiger charge is -2.22. The fraction of sp³-hybridized carbons (Fsp3) is 0.333. The highest BCUT2D eigenvalue weighted by atomic mass is 35.5. The Kier molecular flexibility index (Phi) is 5.94. The molecule has 1 aliphatic carbocycles. The van der Waals surface area contributed by atoms with Crippen LogP contribution in [0, 0.1) is 6.92 Å². The van der Waals surface area contributed by atoms with Crippen LogP contribution in [0.4, 0.5) is 5.69 Å². The topological polar surface area (TPSA) is 58.2 Å². The molecule has 0 atom stereocenters. The number of carbonyl (C=O) groups is 2. The molecule has 2 amide bonds. The Hall–Kier alpha value is -2.33. The average Bonchev–Trinajstić information content (AvgIpc) is 2.65. The van der Waals surface area contributed by atoms with Crippen LogP contribution in [0.1, 0.15) is 58.4 Å². The van der Waals surface area contributed by atoms with E-state index in [-0.39, 0.29) is 17.9 Å². The van der Waals surface area contributed by atoms with Gasteiger partial charge in [0.2, 0.25) is 0 Å². The van der Waals surface area contributed by atoms with E-state index in [9.17, 15) is 9.59 Å².